The zero-order valence-corrected chi connectivity index (χ0v) is 7.71. The van der Waals surface area contributed by atoms with Gasteiger partial charge in [-0.2, -0.15) is 0 Å². The fourth-order valence-electron chi connectivity index (χ4n) is 1.89. The van der Waals surface area contributed by atoms with Crippen LogP contribution in [0, 0.1) is 5.92 Å². The van der Waals surface area contributed by atoms with Crippen molar-refractivity contribution in [1.82, 2.24) is 0 Å². The van der Waals surface area contributed by atoms with Gasteiger partial charge in [0.2, 0.25) is 0 Å². The van der Waals surface area contributed by atoms with Gasteiger partial charge in [0.05, 0.1) is 12.2 Å². The summed E-state index contributed by atoms with van der Waals surface area (Å²) < 4.78 is 14.7. The average molecular weight is 223 g/mol. The van der Waals surface area contributed by atoms with Crippen LogP contribution in [0.25, 0.3) is 0 Å². The van der Waals surface area contributed by atoms with Crippen molar-refractivity contribution in [3.63, 3.8) is 0 Å². The summed E-state index contributed by atoms with van der Waals surface area (Å²) in [5.74, 6) is -0.224. The lowest BCUT2D eigenvalue weighted by atomic mass is 9.75. The summed E-state index contributed by atoms with van der Waals surface area (Å²) in [4.78, 5) is 10.9. The molecule has 2 heterocycles. The predicted octanol–water partition coefficient (Wildman–Crippen LogP) is 1.57. The first-order chi connectivity index (χ1) is 6.08. The maximum absolute atomic E-state index is 10.9. The molecule has 13 heavy (non-hydrogen) atoms. The molecule has 0 aromatic rings. The summed E-state index contributed by atoms with van der Waals surface area (Å²) >= 11 is 12.0. The first-order valence-corrected chi connectivity index (χ1v) is 4.45. The molecule has 1 saturated heterocycles. The Bertz CT molecular complexity index is 330. The number of fused-ring (bicyclic) bond motifs is 4. The molecule has 0 amide bonds. The van der Waals surface area contributed by atoms with Crippen molar-refractivity contribution in [3.05, 3.63) is 12.3 Å². The van der Waals surface area contributed by atoms with Gasteiger partial charge < -0.3 is 14.2 Å². The van der Waals surface area contributed by atoms with Crippen LogP contribution in [0.1, 0.15) is 0 Å². The first-order valence-electron chi connectivity index (χ1n) is 3.70. The fraction of sp³-hybridized carbons (Fsp3) is 0.571. The molecule has 0 bridgehead atoms. The molecule has 1 aliphatic carbocycles. The van der Waals surface area contributed by atoms with Gasteiger partial charge in [0.1, 0.15) is 0 Å². The van der Waals surface area contributed by atoms with E-state index in [0.717, 1.165) is 0 Å². The maximum Gasteiger partial charge on any atom is 0.512 e. The van der Waals surface area contributed by atoms with Gasteiger partial charge in [0, 0.05) is 0 Å². The predicted molar refractivity (Wildman–Crippen MR) is 42.2 cm³/mol. The smallest absolute Gasteiger partial charge is 0.492 e. The number of ether oxygens (including phenoxy) is 3. The molecular weight excluding hydrogens is 219 g/mol. The number of hydrogen-bond donors (Lipinski definition) is 0. The SMILES string of the molecule is O=C1OC2(Cl)C3C=COC3C2(Cl)O1. The van der Waals surface area contributed by atoms with Gasteiger partial charge in [-0.15, -0.1) is 0 Å². The molecule has 2 aliphatic heterocycles. The molecule has 0 aromatic heterocycles. The van der Waals surface area contributed by atoms with Gasteiger partial charge in [-0.3, -0.25) is 0 Å². The Balaban J connectivity index is 2.06. The molecular formula is C7H4Cl2O4. The lowest BCUT2D eigenvalue weighted by molar-refractivity contribution is -0.150. The summed E-state index contributed by atoms with van der Waals surface area (Å²) in [6.07, 6.45) is 1.91. The third-order valence-corrected chi connectivity index (χ3v) is 3.84. The monoisotopic (exact) mass is 222 g/mol. The number of alkyl halides is 2. The highest BCUT2D eigenvalue weighted by molar-refractivity contribution is 6.37. The van der Waals surface area contributed by atoms with E-state index in [0.29, 0.717) is 0 Å². The van der Waals surface area contributed by atoms with E-state index in [1.165, 1.54) is 6.26 Å². The normalized spacial score (nSPS) is 55.7. The zero-order chi connectivity index (χ0) is 9.27. The molecule has 0 radical (unpaired) electrons. The summed E-state index contributed by atoms with van der Waals surface area (Å²) in [5.41, 5.74) is 0. The lowest BCUT2D eigenvalue weighted by Gasteiger charge is -2.49. The summed E-state index contributed by atoms with van der Waals surface area (Å²) in [6, 6.07) is 0. The van der Waals surface area contributed by atoms with Gasteiger partial charge in [0.25, 0.3) is 10.1 Å². The molecule has 2 fully saturated rings. The van der Waals surface area contributed by atoms with Crippen molar-refractivity contribution in [1.29, 1.82) is 0 Å². The van der Waals surface area contributed by atoms with Crippen molar-refractivity contribution in [2.24, 2.45) is 5.92 Å². The molecule has 70 valence electrons. The number of hydrogen-bond acceptors (Lipinski definition) is 4. The van der Waals surface area contributed by atoms with Crippen molar-refractivity contribution in [2.75, 3.05) is 0 Å². The summed E-state index contributed by atoms with van der Waals surface area (Å²) in [6.45, 7) is 0. The molecule has 0 N–H and O–H groups in total. The maximum atomic E-state index is 10.9. The van der Waals surface area contributed by atoms with Crippen molar-refractivity contribution in [3.8, 4) is 0 Å². The van der Waals surface area contributed by atoms with Crippen molar-refractivity contribution < 1.29 is 19.0 Å². The van der Waals surface area contributed by atoms with Gasteiger partial charge in [0.15, 0.2) is 6.10 Å². The van der Waals surface area contributed by atoms with E-state index < -0.39 is 22.4 Å². The Hall–Kier alpha value is -0.610. The summed E-state index contributed by atoms with van der Waals surface area (Å²) in [7, 11) is 0. The highest BCUT2D eigenvalue weighted by atomic mass is 35.5. The summed E-state index contributed by atoms with van der Waals surface area (Å²) in [5, 5.41) is -2.68. The van der Waals surface area contributed by atoms with Gasteiger partial charge in [-0.25, -0.2) is 4.79 Å². The van der Waals surface area contributed by atoms with Gasteiger partial charge in [-0.1, -0.05) is 23.2 Å². The molecule has 0 aromatic carbocycles. The largest absolute Gasteiger partial charge is 0.512 e. The van der Waals surface area contributed by atoms with Crippen molar-refractivity contribution >= 4 is 29.4 Å². The third kappa shape index (κ3) is 0.616. The van der Waals surface area contributed by atoms with E-state index in [1.54, 1.807) is 6.08 Å². The molecule has 3 aliphatic rings. The molecule has 4 unspecified atom stereocenters. The highest BCUT2D eigenvalue weighted by Crippen LogP contribution is 2.64. The second-order valence-electron chi connectivity index (χ2n) is 3.16. The van der Waals surface area contributed by atoms with Crippen LogP contribution >= 0.6 is 23.2 Å². The van der Waals surface area contributed by atoms with Crippen LogP contribution < -0.4 is 0 Å². The molecule has 3 rings (SSSR count). The number of rotatable bonds is 0. The quantitative estimate of drug-likeness (QED) is 0.461. The van der Waals surface area contributed by atoms with Crippen LogP contribution in [-0.4, -0.2) is 22.4 Å². The number of halogens is 2. The van der Waals surface area contributed by atoms with Crippen LogP contribution in [0.2, 0.25) is 0 Å². The zero-order valence-electron chi connectivity index (χ0n) is 6.20. The molecule has 1 saturated carbocycles. The molecule has 4 atom stereocenters. The number of carbonyl (C=O) groups excluding carboxylic acids is 1. The van der Waals surface area contributed by atoms with Gasteiger partial charge >= 0.3 is 6.16 Å². The minimum atomic E-state index is -1.38. The molecule has 6 heteroatoms. The van der Waals surface area contributed by atoms with E-state index in [-0.39, 0.29) is 5.92 Å². The van der Waals surface area contributed by atoms with Crippen LogP contribution in [0.15, 0.2) is 12.3 Å². The fourth-order valence-corrected chi connectivity index (χ4v) is 2.70. The Kier molecular flexibility index (Phi) is 1.14. The minimum absolute atomic E-state index is 0.224. The van der Waals surface area contributed by atoms with E-state index in [9.17, 15) is 4.79 Å². The Morgan fingerprint density at radius 2 is 2.00 bits per heavy atom. The lowest BCUT2D eigenvalue weighted by Crippen LogP contribution is -2.70. The standard InChI is InChI=1S/C7H4Cl2O4/c8-6-3-1-2-11-4(3)7(6,9)13-5(10)12-6/h1-4H. The topological polar surface area (TPSA) is 44.8 Å². The Morgan fingerprint density at radius 1 is 1.31 bits per heavy atom. The second kappa shape index (κ2) is 1.91. The van der Waals surface area contributed by atoms with Crippen molar-refractivity contribution in [2.45, 2.75) is 16.2 Å². The van der Waals surface area contributed by atoms with E-state index in [1.807, 2.05) is 0 Å². The van der Waals surface area contributed by atoms with E-state index in [4.69, 9.17) is 37.4 Å². The average Bonchev–Trinajstić information content (AvgIpc) is 2.55. The molecule has 4 nitrogen and oxygen atoms in total. The second-order valence-corrected chi connectivity index (χ2v) is 4.28. The van der Waals surface area contributed by atoms with Crippen LogP contribution in [0.4, 0.5) is 4.79 Å². The van der Waals surface area contributed by atoms with Crippen LogP contribution in [0.3, 0.4) is 0 Å². The Labute approximate surface area is 83.3 Å². The minimum Gasteiger partial charge on any atom is -0.492 e. The van der Waals surface area contributed by atoms with Gasteiger partial charge in [-0.05, 0) is 6.08 Å². The van der Waals surface area contributed by atoms with E-state index >= 15 is 0 Å². The number of carbonyl (C=O) groups is 1. The van der Waals surface area contributed by atoms with Crippen LogP contribution in [0.5, 0.6) is 0 Å². The molecule has 0 spiro atoms. The Morgan fingerprint density at radius 3 is 2.77 bits per heavy atom. The third-order valence-electron chi connectivity index (χ3n) is 2.56. The first kappa shape index (κ1) is 7.76. The van der Waals surface area contributed by atoms with Crippen LogP contribution in [-0.2, 0) is 14.2 Å². The van der Waals surface area contributed by atoms with E-state index in [2.05, 4.69) is 0 Å². The highest BCUT2D eigenvalue weighted by Gasteiger charge is 2.83.